The maximum absolute atomic E-state index is 2.25. The average molecular weight is 1090 g/mol. The topological polar surface area (TPSA) is 0 Å². The van der Waals surface area contributed by atoms with Crippen molar-refractivity contribution in [3.63, 3.8) is 0 Å². The molecule has 0 heteroatoms. The molecule has 412 valence electrons. The minimum absolute atomic E-state index is 0.178. The molecular formula is C84H76. The second-order valence-corrected chi connectivity index (χ2v) is 23.2. The van der Waals surface area contributed by atoms with E-state index in [2.05, 4.69) is 381 Å². The van der Waals surface area contributed by atoms with E-state index >= 15 is 0 Å². The molecule has 10 aromatic carbocycles. The van der Waals surface area contributed by atoms with Gasteiger partial charge in [0.15, 0.2) is 0 Å². The number of hydrogen-bond donors (Lipinski definition) is 0. The number of hydrogen-bond acceptors (Lipinski definition) is 0. The third-order valence-electron chi connectivity index (χ3n) is 14.5. The third-order valence-corrected chi connectivity index (χ3v) is 14.5. The van der Waals surface area contributed by atoms with E-state index in [9.17, 15) is 0 Å². The average Bonchev–Trinajstić information content (AvgIpc) is 3.69. The molecule has 0 saturated heterocycles. The zero-order chi connectivity index (χ0) is 58.4. The Bertz CT molecular complexity index is 3600. The molecule has 0 atom stereocenters. The zero-order valence-electron chi connectivity index (χ0n) is 49.5. The lowest BCUT2D eigenvalue weighted by atomic mass is 9.86. The molecule has 0 aliphatic rings. The van der Waals surface area contributed by atoms with Crippen molar-refractivity contribution in [2.45, 2.75) is 52.4 Å². The highest BCUT2D eigenvalue weighted by Gasteiger charge is 2.13. The Morgan fingerprint density at radius 3 is 0.369 bits per heavy atom. The molecule has 10 aromatic rings. The predicted molar refractivity (Wildman–Crippen MR) is 373 cm³/mol. The highest BCUT2D eigenvalue weighted by molar-refractivity contribution is 5.78. The molecule has 0 bridgehead atoms. The van der Waals surface area contributed by atoms with Crippen molar-refractivity contribution in [2.75, 3.05) is 0 Å². The maximum atomic E-state index is 2.25. The van der Waals surface area contributed by atoms with Gasteiger partial charge in [-0.1, -0.05) is 394 Å². The van der Waals surface area contributed by atoms with Crippen LogP contribution in [0.15, 0.2) is 255 Å². The van der Waals surface area contributed by atoms with E-state index in [1.54, 1.807) is 0 Å². The van der Waals surface area contributed by atoms with Crippen LogP contribution in [0.4, 0.5) is 0 Å². The van der Waals surface area contributed by atoms with Crippen LogP contribution in [0, 0.1) is 0 Å². The standard InChI is InChI=1S/C46H46.C38H30/c1-45(2,3)43-31-27-41(28-32-43)25-23-39-19-15-37(16-20-39)13-11-35-7-9-36(10-8-35)12-14-38-17-21-40(22-18-38)24-26-42-29-33-44(34-30-42)46(4,5)6;1-3-7-31(8-4-1)11-13-33-15-19-35(20-16-33)23-25-37-27-29-38(30-28-37)26-24-36-21-17-34(18-22-36)14-12-32-9-5-2-6-10-32/h7-34H,1-6H3;1-30H/b13-11+,14-12+,25-23+,26-24+;. The molecule has 0 fully saturated rings. The molecule has 0 nitrogen and oxygen atoms in total. The molecule has 0 spiro atoms. The Kier molecular flexibility index (Phi) is 20.4. The summed E-state index contributed by atoms with van der Waals surface area (Å²) in [5.74, 6) is 0. The van der Waals surface area contributed by atoms with Crippen molar-refractivity contribution in [1.29, 1.82) is 0 Å². The van der Waals surface area contributed by atoms with E-state index < -0.39 is 0 Å². The summed E-state index contributed by atoms with van der Waals surface area (Å²) in [5, 5.41) is 0. The summed E-state index contributed by atoms with van der Waals surface area (Å²) >= 11 is 0. The van der Waals surface area contributed by atoms with Crippen molar-refractivity contribution in [3.05, 3.63) is 355 Å². The zero-order valence-corrected chi connectivity index (χ0v) is 49.5. The van der Waals surface area contributed by atoms with Crippen LogP contribution >= 0.6 is 0 Å². The van der Waals surface area contributed by atoms with Gasteiger partial charge in [0.25, 0.3) is 0 Å². The van der Waals surface area contributed by atoms with Crippen LogP contribution in [0.3, 0.4) is 0 Å². The molecule has 0 unspecified atom stereocenters. The van der Waals surface area contributed by atoms with E-state index in [-0.39, 0.29) is 10.8 Å². The first-order valence-electron chi connectivity index (χ1n) is 29.2. The van der Waals surface area contributed by atoms with Gasteiger partial charge in [-0.25, -0.2) is 0 Å². The van der Waals surface area contributed by atoms with Crippen LogP contribution < -0.4 is 0 Å². The van der Waals surface area contributed by atoms with E-state index in [0.29, 0.717) is 0 Å². The first kappa shape index (κ1) is 58.8. The Morgan fingerprint density at radius 2 is 0.250 bits per heavy atom. The van der Waals surface area contributed by atoms with Crippen LogP contribution in [0.1, 0.15) is 142 Å². The van der Waals surface area contributed by atoms with Gasteiger partial charge < -0.3 is 0 Å². The molecule has 0 N–H and O–H groups in total. The van der Waals surface area contributed by atoms with Gasteiger partial charge in [0.1, 0.15) is 0 Å². The van der Waals surface area contributed by atoms with Crippen LogP contribution in [0.25, 0.3) is 97.2 Å². The van der Waals surface area contributed by atoms with E-state index in [0.717, 1.165) is 0 Å². The molecule has 0 saturated carbocycles. The molecule has 0 radical (unpaired) electrons. The Morgan fingerprint density at radius 1 is 0.143 bits per heavy atom. The van der Waals surface area contributed by atoms with Crippen LogP contribution in [-0.2, 0) is 10.8 Å². The van der Waals surface area contributed by atoms with Gasteiger partial charge in [0, 0.05) is 0 Å². The molecule has 84 heavy (non-hydrogen) atoms. The van der Waals surface area contributed by atoms with Gasteiger partial charge in [0.05, 0.1) is 0 Å². The second kappa shape index (κ2) is 29.2. The highest BCUT2D eigenvalue weighted by atomic mass is 14.2. The van der Waals surface area contributed by atoms with Crippen LogP contribution in [0.5, 0.6) is 0 Å². The fraction of sp³-hybridized carbons (Fsp3) is 0.0952. The molecule has 0 amide bonds. The monoisotopic (exact) mass is 1080 g/mol. The Hall–Kier alpha value is -9.88. The quantitative estimate of drug-likeness (QED) is 0.0846. The van der Waals surface area contributed by atoms with Crippen molar-refractivity contribution in [3.8, 4) is 0 Å². The number of benzene rings is 10. The number of rotatable bonds is 16. The van der Waals surface area contributed by atoms with Gasteiger partial charge in [-0.3, -0.25) is 0 Å². The van der Waals surface area contributed by atoms with Crippen molar-refractivity contribution in [1.82, 2.24) is 0 Å². The summed E-state index contributed by atoms with van der Waals surface area (Å²) in [7, 11) is 0. The summed E-state index contributed by atoms with van der Waals surface area (Å²) in [6.07, 6.45) is 34.6. The summed E-state index contributed by atoms with van der Waals surface area (Å²) in [5.41, 5.74) is 22.2. The van der Waals surface area contributed by atoms with Crippen molar-refractivity contribution in [2.24, 2.45) is 0 Å². The SMILES string of the molecule is C(=Cc1ccc(C=Cc2ccc(C=Cc3ccc(C=Cc4ccccc4)cc3)cc2)cc1)c1ccccc1.CC(C)(C)c1ccc(/C=C/c2ccc(/C=C/c3ccc(/C=C/c4ccc(/C=C/c5ccc(C(C)(C)C)cc5)cc4)cc3)cc2)cc1. The van der Waals surface area contributed by atoms with Crippen molar-refractivity contribution >= 4 is 97.2 Å². The minimum Gasteiger partial charge on any atom is -0.0622 e. The predicted octanol–water partition coefficient (Wildman–Crippen LogP) is 23.3. The van der Waals surface area contributed by atoms with Gasteiger partial charge >= 0.3 is 0 Å². The molecule has 0 aliphatic heterocycles. The van der Waals surface area contributed by atoms with Crippen LogP contribution in [-0.4, -0.2) is 0 Å². The van der Waals surface area contributed by atoms with Crippen LogP contribution in [0.2, 0.25) is 0 Å². The smallest absolute Gasteiger partial charge is 0.0132 e. The van der Waals surface area contributed by atoms with Crippen molar-refractivity contribution < 1.29 is 0 Å². The molecule has 10 rings (SSSR count). The fourth-order valence-electron chi connectivity index (χ4n) is 9.17. The first-order chi connectivity index (χ1) is 40.8. The molecular weight excluding hydrogens is 1010 g/mol. The molecule has 0 heterocycles. The lowest BCUT2D eigenvalue weighted by Gasteiger charge is -2.18. The maximum Gasteiger partial charge on any atom is -0.0132 e. The first-order valence-corrected chi connectivity index (χ1v) is 29.2. The summed E-state index contributed by atoms with van der Waals surface area (Å²) in [4.78, 5) is 0. The van der Waals surface area contributed by atoms with Gasteiger partial charge in [-0.05, 0) is 111 Å². The summed E-state index contributed by atoms with van der Waals surface area (Å²) in [6, 6.07) is 90.3. The lowest BCUT2D eigenvalue weighted by Crippen LogP contribution is -2.10. The lowest BCUT2D eigenvalue weighted by molar-refractivity contribution is 0.590. The fourth-order valence-corrected chi connectivity index (χ4v) is 9.17. The van der Waals surface area contributed by atoms with Gasteiger partial charge in [-0.15, -0.1) is 0 Å². The van der Waals surface area contributed by atoms with Gasteiger partial charge in [0.2, 0.25) is 0 Å². The summed E-state index contributed by atoms with van der Waals surface area (Å²) in [6.45, 7) is 13.5. The molecule has 0 aliphatic carbocycles. The largest absolute Gasteiger partial charge is 0.0622 e. The summed E-state index contributed by atoms with van der Waals surface area (Å²) < 4.78 is 0. The van der Waals surface area contributed by atoms with E-state index in [1.165, 1.54) is 100 Å². The van der Waals surface area contributed by atoms with E-state index in [1.807, 2.05) is 12.1 Å². The van der Waals surface area contributed by atoms with Gasteiger partial charge in [-0.2, -0.15) is 0 Å². The Balaban J connectivity index is 0.000000205. The minimum atomic E-state index is 0.178. The third kappa shape index (κ3) is 19.1. The van der Waals surface area contributed by atoms with E-state index in [4.69, 9.17) is 0 Å². The molecule has 0 aromatic heterocycles. The normalized spacial score (nSPS) is 12.3. The second-order valence-electron chi connectivity index (χ2n) is 23.2. The highest BCUT2D eigenvalue weighted by Crippen LogP contribution is 2.25. The Labute approximate surface area is 501 Å².